The van der Waals surface area contributed by atoms with Gasteiger partial charge in [0.25, 0.3) is 0 Å². The predicted octanol–water partition coefficient (Wildman–Crippen LogP) is 2.03. The third kappa shape index (κ3) is 3.79. The number of carbonyl (C=O) groups excluding carboxylic acids is 1. The average Bonchev–Trinajstić information content (AvgIpc) is 2.53. The van der Waals surface area contributed by atoms with E-state index in [0.717, 1.165) is 0 Å². The number of carbonyl (C=O) groups is 1. The van der Waals surface area contributed by atoms with E-state index in [1.165, 1.54) is 6.25 Å². The first kappa shape index (κ1) is 15.0. The van der Waals surface area contributed by atoms with E-state index in [9.17, 15) is 4.79 Å². The molecule has 0 atom stereocenters. The summed E-state index contributed by atoms with van der Waals surface area (Å²) in [6.45, 7) is 3.65. The molecular weight excluding hydrogens is 443 g/mol. The second kappa shape index (κ2) is 7.38. The van der Waals surface area contributed by atoms with E-state index in [0.29, 0.717) is 5.57 Å². The van der Waals surface area contributed by atoms with E-state index in [1.54, 1.807) is 13.0 Å². The second-order valence-electron chi connectivity index (χ2n) is 4.58. The SMILES string of the molecule is CC=C(C)C(=O)[O][PbH]([c]1ccccc1)[c]1ccccc1. The van der Waals surface area contributed by atoms with Crippen LogP contribution in [0.5, 0.6) is 0 Å². The van der Waals surface area contributed by atoms with Crippen LogP contribution in [0.4, 0.5) is 0 Å². The molecule has 0 aliphatic rings. The summed E-state index contributed by atoms with van der Waals surface area (Å²) in [6, 6.07) is 20.2. The molecule has 0 N–H and O–H groups in total. The topological polar surface area (TPSA) is 26.3 Å². The molecule has 0 amide bonds. The van der Waals surface area contributed by atoms with Crippen LogP contribution in [0.3, 0.4) is 0 Å². The van der Waals surface area contributed by atoms with Gasteiger partial charge in [0.15, 0.2) is 0 Å². The number of hydrogen-bond acceptors (Lipinski definition) is 2. The minimum atomic E-state index is -2.92. The van der Waals surface area contributed by atoms with Crippen molar-refractivity contribution in [2.45, 2.75) is 13.8 Å². The Balaban J connectivity index is 2.33. The Morgan fingerprint density at radius 2 is 1.40 bits per heavy atom. The van der Waals surface area contributed by atoms with Crippen LogP contribution >= 0.6 is 0 Å². The molecule has 0 fully saturated rings. The molecule has 0 spiro atoms. The van der Waals surface area contributed by atoms with Crippen LogP contribution in [0.15, 0.2) is 72.3 Å². The summed E-state index contributed by atoms with van der Waals surface area (Å²) in [5.41, 5.74) is 0.668. The number of allylic oxidation sites excluding steroid dienone is 1. The summed E-state index contributed by atoms with van der Waals surface area (Å²) in [4.78, 5) is 12.1. The van der Waals surface area contributed by atoms with Crippen molar-refractivity contribution in [3.63, 3.8) is 0 Å². The van der Waals surface area contributed by atoms with Crippen molar-refractivity contribution in [3.05, 3.63) is 72.3 Å². The van der Waals surface area contributed by atoms with Gasteiger partial charge in [0.05, 0.1) is 0 Å². The maximum absolute atomic E-state index is 12.1. The zero-order chi connectivity index (χ0) is 14.4. The quantitative estimate of drug-likeness (QED) is 0.515. The predicted molar refractivity (Wildman–Crippen MR) is 84.8 cm³/mol. The van der Waals surface area contributed by atoms with Crippen LogP contribution in [0.1, 0.15) is 13.8 Å². The van der Waals surface area contributed by atoms with E-state index >= 15 is 0 Å². The first-order valence-corrected chi connectivity index (χ1v) is 13.0. The second-order valence-corrected chi connectivity index (χ2v) is 13.6. The van der Waals surface area contributed by atoms with Gasteiger partial charge in [-0.2, -0.15) is 0 Å². The molecule has 0 bridgehead atoms. The molecule has 2 aromatic rings. The van der Waals surface area contributed by atoms with E-state index in [1.807, 2.05) is 43.3 Å². The van der Waals surface area contributed by atoms with Gasteiger partial charge in [0, 0.05) is 0 Å². The third-order valence-corrected chi connectivity index (χ3v) is 12.6. The van der Waals surface area contributed by atoms with Crippen LogP contribution < -0.4 is 6.25 Å². The molecule has 20 heavy (non-hydrogen) atoms. The van der Waals surface area contributed by atoms with Crippen LogP contribution in [-0.4, -0.2) is 29.1 Å². The Labute approximate surface area is 128 Å². The summed E-state index contributed by atoms with van der Waals surface area (Å²) in [7, 11) is 0. The summed E-state index contributed by atoms with van der Waals surface area (Å²) in [5.74, 6) is -0.188. The van der Waals surface area contributed by atoms with Crippen molar-refractivity contribution in [1.29, 1.82) is 0 Å². The molecule has 0 heterocycles. The molecule has 2 aromatic carbocycles. The van der Waals surface area contributed by atoms with E-state index < -0.39 is 23.2 Å². The van der Waals surface area contributed by atoms with Crippen molar-refractivity contribution in [2.75, 3.05) is 0 Å². The Hall–Kier alpha value is -1.43. The Morgan fingerprint density at radius 3 is 1.80 bits per heavy atom. The monoisotopic (exact) mass is 462 g/mol. The van der Waals surface area contributed by atoms with Crippen molar-refractivity contribution in [3.8, 4) is 0 Å². The van der Waals surface area contributed by atoms with Crippen molar-refractivity contribution in [1.82, 2.24) is 0 Å². The van der Waals surface area contributed by atoms with Gasteiger partial charge in [-0.05, 0) is 0 Å². The number of hydrogen-bond donors (Lipinski definition) is 0. The molecule has 0 aliphatic carbocycles. The molecule has 0 aromatic heterocycles. The third-order valence-electron chi connectivity index (χ3n) is 3.18. The molecule has 0 radical (unpaired) electrons. The first-order valence-electron chi connectivity index (χ1n) is 6.66. The first-order chi connectivity index (χ1) is 9.72. The molecule has 3 heteroatoms. The summed E-state index contributed by atoms with van der Waals surface area (Å²) < 4.78 is 8.27. The standard InChI is InChI=1S/2C6H5.C5H8O2.Pb.H/c2*1-2-4-6-5-3-1;1-3-4(2)5(6)7;;/h2*1-5H;3H,1-2H3,(H,6,7);;/q;;;+1;/p-1. The normalized spacial score (nSPS) is 11.4. The van der Waals surface area contributed by atoms with E-state index in [-0.39, 0.29) is 5.97 Å². The van der Waals surface area contributed by atoms with Crippen molar-refractivity contribution < 1.29 is 7.48 Å². The summed E-state index contributed by atoms with van der Waals surface area (Å²) in [5, 5.41) is 0. The fraction of sp³-hybridized carbons (Fsp3) is 0.118. The van der Waals surface area contributed by atoms with Gasteiger partial charge >= 0.3 is 129 Å². The van der Waals surface area contributed by atoms with E-state index in [2.05, 4.69) is 24.3 Å². The zero-order valence-electron chi connectivity index (χ0n) is 11.7. The van der Waals surface area contributed by atoms with Gasteiger partial charge in [-0.1, -0.05) is 0 Å². The minimum absolute atomic E-state index is 0.188. The van der Waals surface area contributed by atoms with Gasteiger partial charge < -0.3 is 0 Å². The zero-order valence-corrected chi connectivity index (χ0v) is 16.2. The molecular formula is C17H18O2Pb. The maximum atomic E-state index is 12.1. The Kier molecular flexibility index (Phi) is 5.52. The molecule has 0 aliphatic heterocycles. The van der Waals surface area contributed by atoms with Crippen molar-refractivity contribution >= 4 is 35.4 Å². The summed E-state index contributed by atoms with van der Waals surface area (Å²) in [6.07, 6.45) is 1.79. The van der Waals surface area contributed by atoms with Gasteiger partial charge in [0.1, 0.15) is 0 Å². The molecule has 0 saturated carbocycles. The molecule has 2 rings (SSSR count). The Morgan fingerprint density at radius 1 is 0.950 bits per heavy atom. The fourth-order valence-electron chi connectivity index (χ4n) is 1.90. The molecule has 0 saturated heterocycles. The van der Waals surface area contributed by atoms with Crippen LogP contribution in [-0.2, 0) is 7.48 Å². The number of rotatable bonds is 4. The van der Waals surface area contributed by atoms with Crippen molar-refractivity contribution in [2.24, 2.45) is 0 Å². The molecule has 2 nitrogen and oxygen atoms in total. The van der Waals surface area contributed by atoms with Gasteiger partial charge in [-0.3, -0.25) is 0 Å². The number of benzene rings is 2. The molecule has 0 unspecified atom stereocenters. The Bertz CT molecular complexity index is 551. The van der Waals surface area contributed by atoms with Crippen LogP contribution in [0, 0.1) is 0 Å². The average molecular weight is 462 g/mol. The fourth-order valence-corrected chi connectivity index (χ4v) is 10.5. The molecule has 102 valence electrons. The van der Waals surface area contributed by atoms with Gasteiger partial charge in [-0.25, -0.2) is 0 Å². The van der Waals surface area contributed by atoms with Gasteiger partial charge in [-0.15, -0.1) is 0 Å². The van der Waals surface area contributed by atoms with Crippen LogP contribution in [0.25, 0.3) is 0 Å². The van der Waals surface area contributed by atoms with Crippen LogP contribution in [0.2, 0.25) is 0 Å². The van der Waals surface area contributed by atoms with Gasteiger partial charge in [0.2, 0.25) is 0 Å². The summed E-state index contributed by atoms with van der Waals surface area (Å²) >= 11 is -2.92. The van der Waals surface area contributed by atoms with E-state index in [4.69, 9.17) is 2.69 Å².